The number of benzene rings is 2. The van der Waals surface area contributed by atoms with Crippen molar-refractivity contribution in [1.29, 1.82) is 0 Å². The van der Waals surface area contributed by atoms with E-state index in [1.54, 1.807) is 12.3 Å². The van der Waals surface area contributed by atoms with Gasteiger partial charge in [0.2, 0.25) is 0 Å². The second kappa shape index (κ2) is 5.36. The fourth-order valence-corrected chi connectivity index (χ4v) is 3.44. The maximum Gasteiger partial charge on any atom is 0.134 e. The van der Waals surface area contributed by atoms with E-state index < -0.39 is 0 Å². The molecule has 0 saturated carbocycles. The third kappa shape index (κ3) is 2.20. The van der Waals surface area contributed by atoms with Gasteiger partial charge in [-0.2, -0.15) is 0 Å². The van der Waals surface area contributed by atoms with Gasteiger partial charge in [-0.1, -0.05) is 23.8 Å². The van der Waals surface area contributed by atoms with Gasteiger partial charge < -0.3 is 9.52 Å². The summed E-state index contributed by atoms with van der Waals surface area (Å²) in [7, 11) is 0. The molecule has 0 bridgehead atoms. The van der Waals surface area contributed by atoms with E-state index in [4.69, 9.17) is 4.42 Å². The minimum absolute atomic E-state index is 0.142. The third-order valence-electron chi connectivity index (χ3n) is 4.46. The van der Waals surface area contributed by atoms with Crippen molar-refractivity contribution in [2.45, 2.75) is 19.8 Å². The third-order valence-corrected chi connectivity index (χ3v) is 4.46. The van der Waals surface area contributed by atoms with Gasteiger partial charge in [-0.3, -0.25) is 0 Å². The summed E-state index contributed by atoms with van der Waals surface area (Å²) in [6, 6.07) is 11.0. The van der Waals surface area contributed by atoms with Crippen LogP contribution in [-0.4, -0.2) is 11.7 Å². The van der Waals surface area contributed by atoms with E-state index in [0.717, 1.165) is 28.3 Å². The molecule has 0 fully saturated rings. The fourth-order valence-electron chi connectivity index (χ4n) is 3.44. The Bertz CT molecular complexity index is 984. The molecule has 2 aromatic rings. The highest BCUT2D eigenvalue weighted by Gasteiger charge is 2.21. The highest BCUT2D eigenvalue weighted by Crippen LogP contribution is 2.44. The van der Waals surface area contributed by atoms with Gasteiger partial charge in [-0.05, 0) is 54.3 Å². The molecular formula is C20H17FO2. The van der Waals surface area contributed by atoms with E-state index in [9.17, 15) is 9.50 Å². The van der Waals surface area contributed by atoms with Crippen LogP contribution < -0.4 is 0 Å². The molecule has 0 atom stereocenters. The SMILES string of the molecule is Cc1ccc2c3coc4ccc(F)cc4c-3c(CCCO)c2c1. The van der Waals surface area contributed by atoms with Gasteiger partial charge in [0, 0.05) is 23.1 Å². The molecule has 1 aliphatic carbocycles. The average Bonchev–Trinajstić information content (AvgIpc) is 2.86. The zero-order valence-electron chi connectivity index (χ0n) is 12.9. The zero-order chi connectivity index (χ0) is 16.0. The van der Waals surface area contributed by atoms with Gasteiger partial charge in [0.25, 0.3) is 0 Å². The van der Waals surface area contributed by atoms with Crippen molar-refractivity contribution in [3.05, 3.63) is 59.6 Å². The molecule has 23 heavy (non-hydrogen) atoms. The van der Waals surface area contributed by atoms with Crippen LogP contribution >= 0.6 is 0 Å². The summed E-state index contributed by atoms with van der Waals surface area (Å²) in [5.41, 5.74) is 5.08. The minimum atomic E-state index is -0.269. The predicted molar refractivity (Wildman–Crippen MR) is 90.4 cm³/mol. The summed E-state index contributed by atoms with van der Waals surface area (Å²) >= 11 is 0. The summed E-state index contributed by atoms with van der Waals surface area (Å²) in [6.07, 6.45) is 3.20. The second-order valence-corrected chi connectivity index (χ2v) is 6.02. The second-order valence-electron chi connectivity index (χ2n) is 6.02. The number of aliphatic hydroxyl groups is 1. The topological polar surface area (TPSA) is 33.4 Å². The summed E-state index contributed by atoms with van der Waals surface area (Å²) in [5, 5.41) is 12.3. The number of hydrogen-bond donors (Lipinski definition) is 1. The predicted octanol–water partition coefficient (Wildman–Crippen LogP) is 5.06. The first kappa shape index (κ1) is 14.2. The lowest BCUT2D eigenvalue weighted by Crippen LogP contribution is -1.91. The Morgan fingerprint density at radius 2 is 1.91 bits per heavy atom. The van der Waals surface area contributed by atoms with Crippen molar-refractivity contribution in [2.75, 3.05) is 6.61 Å². The molecule has 4 rings (SSSR count). The molecule has 0 saturated heterocycles. The van der Waals surface area contributed by atoms with Crippen LogP contribution in [0, 0.1) is 12.7 Å². The van der Waals surface area contributed by atoms with E-state index >= 15 is 0 Å². The molecular weight excluding hydrogens is 291 g/mol. The average molecular weight is 308 g/mol. The fraction of sp³-hybridized carbons (Fsp3) is 0.200. The molecule has 0 aromatic heterocycles. The molecule has 2 aliphatic rings. The molecule has 1 N–H and O–H groups in total. The van der Waals surface area contributed by atoms with Crippen LogP contribution in [0.1, 0.15) is 17.5 Å². The van der Waals surface area contributed by atoms with Crippen molar-refractivity contribution in [3.63, 3.8) is 0 Å². The van der Waals surface area contributed by atoms with Crippen LogP contribution in [0.4, 0.5) is 4.39 Å². The maximum atomic E-state index is 13.8. The van der Waals surface area contributed by atoms with E-state index in [2.05, 4.69) is 25.1 Å². The standard InChI is InChI=1S/C20H17FO2/c1-12-4-6-14-16(9-12)15(3-2-8-22)20-17-10-13(21)5-7-19(17)23-11-18(14)20/h4-7,9-11,22H,2-3,8H2,1H3. The van der Waals surface area contributed by atoms with Gasteiger partial charge in [-0.25, -0.2) is 4.39 Å². The van der Waals surface area contributed by atoms with Gasteiger partial charge in [-0.15, -0.1) is 0 Å². The smallest absolute Gasteiger partial charge is 0.134 e. The Morgan fingerprint density at radius 1 is 1.04 bits per heavy atom. The molecule has 1 heterocycles. The first-order valence-corrected chi connectivity index (χ1v) is 7.81. The quantitative estimate of drug-likeness (QED) is 0.573. The lowest BCUT2D eigenvalue weighted by Gasteiger charge is -2.08. The summed E-state index contributed by atoms with van der Waals surface area (Å²) in [5.74, 6) is -0.269. The Kier molecular flexibility index (Phi) is 3.31. The lowest BCUT2D eigenvalue weighted by atomic mass is 9.99. The number of fused-ring (bicyclic) bond motifs is 5. The highest BCUT2D eigenvalue weighted by atomic mass is 19.1. The minimum Gasteiger partial charge on any atom is -0.464 e. The molecule has 3 heteroatoms. The van der Waals surface area contributed by atoms with E-state index in [1.807, 2.05) is 0 Å². The molecule has 0 amide bonds. The van der Waals surface area contributed by atoms with Crippen molar-refractivity contribution in [2.24, 2.45) is 0 Å². The van der Waals surface area contributed by atoms with Gasteiger partial charge in [0.1, 0.15) is 11.4 Å². The van der Waals surface area contributed by atoms with Crippen LogP contribution in [0.5, 0.6) is 0 Å². The van der Waals surface area contributed by atoms with E-state index in [1.165, 1.54) is 28.6 Å². The largest absolute Gasteiger partial charge is 0.464 e. The van der Waals surface area contributed by atoms with Crippen LogP contribution in [0.25, 0.3) is 32.9 Å². The Morgan fingerprint density at radius 3 is 2.74 bits per heavy atom. The number of hydrogen-bond acceptors (Lipinski definition) is 2. The summed E-state index contributed by atoms with van der Waals surface area (Å²) in [6.45, 7) is 2.21. The highest BCUT2D eigenvalue weighted by molar-refractivity contribution is 6.12. The molecule has 0 unspecified atom stereocenters. The van der Waals surface area contributed by atoms with Crippen molar-refractivity contribution in [1.82, 2.24) is 0 Å². The molecule has 2 aromatic carbocycles. The van der Waals surface area contributed by atoms with Crippen LogP contribution in [0.3, 0.4) is 0 Å². The number of halogens is 1. The van der Waals surface area contributed by atoms with Crippen LogP contribution in [0.2, 0.25) is 0 Å². The van der Waals surface area contributed by atoms with Gasteiger partial charge >= 0.3 is 0 Å². The normalized spacial score (nSPS) is 11.8. The lowest BCUT2D eigenvalue weighted by molar-refractivity contribution is 0.289. The van der Waals surface area contributed by atoms with Crippen molar-refractivity contribution < 1.29 is 13.9 Å². The number of aliphatic hydroxyl groups excluding tert-OH is 1. The van der Waals surface area contributed by atoms with Gasteiger partial charge in [0.05, 0.1) is 6.26 Å². The maximum absolute atomic E-state index is 13.8. The Labute approximate surface area is 133 Å². The Balaban J connectivity index is 2.16. The molecule has 1 aliphatic heterocycles. The Hall–Kier alpha value is -2.39. The molecule has 2 nitrogen and oxygen atoms in total. The number of rotatable bonds is 3. The van der Waals surface area contributed by atoms with Gasteiger partial charge in [0.15, 0.2) is 0 Å². The summed E-state index contributed by atoms with van der Waals surface area (Å²) < 4.78 is 19.5. The van der Waals surface area contributed by atoms with Crippen LogP contribution in [-0.2, 0) is 6.42 Å². The van der Waals surface area contributed by atoms with E-state index in [0.29, 0.717) is 12.0 Å². The van der Waals surface area contributed by atoms with E-state index in [-0.39, 0.29) is 12.4 Å². The number of aryl methyl sites for hydroxylation is 2. The molecule has 0 radical (unpaired) electrons. The van der Waals surface area contributed by atoms with Crippen molar-refractivity contribution >= 4 is 21.7 Å². The van der Waals surface area contributed by atoms with Crippen molar-refractivity contribution in [3.8, 4) is 11.1 Å². The monoisotopic (exact) mass is 308 g/mol. The van der Waals surface area contributed by atoms with Crippen LogP contribution in [0.15, 0.2) is 47.1 Å². The molecule has 116 valence electrons. The first-order valence-electron chi connectivity index (χ1n) is 7.81. The first-order chi connectivity index (χ1) is 11.2. The summed E-state index contributed by atoms with van der Waals surface area (Å²) in [4.78, 5) is 0. The molecule has 0 spiro atoms. The zero-order valence-corrected chi connectivity index (χ0v) is 12.9.